The van der Waals surface area contributed by atoms with Crippen molar-refractivity contribution in [1.29, 1.82) is 0 Å². The van der Waals surface area contributed by atoms with E-state index >= 15 is 0 Å². The van der Waals surface area contributed by atoms with Gasteiger partial charge in [0, 0.05) is 11.8 Å². The molecule has 0 saturated heterocycles. The van der Waals surface area contributed by atoms with E-state index < -0.39 is 12.0 Å². The number of hydrogen-bond donors (Lipinski definition) is 3. The van der Waals surface area contributed by atoms with Gasteiger partial charge in [0.2, 0.25) is 0 Å². The van der Waals surface area contributed by atoms with Crippen LogP contribution < -0.4 is 0 Å². The highest BCUT2D eigenvalue weighted by molar-refractivity contribution is 5.86. The van der Waals surface area contributed by atoms with Crippen molar-refractivity contribution in [2.24, 2.45) is 11.8 Å². The van der Waals surface area contributed by atoms with Gasteiger partial charge in [-0.2, -0.15) is 0 Å². The van der Waals surface area contributed by atoms with Gasteiger partial charge in [0.1, 0.15) is 5.78 Å². The summed E-state index contributed by atoms with van der Waals surface area (Å²) in [5.74, 6) is -0.901. The molecular formula is C8H14O4. The van der Waals surface area contributed by atoms with E-state index in [9.17, 15) is 9.90 Å². The fourth-order valence-corrected chi connectivity index (χ4v) is 1.66. The molecule has 3 atom stereocenters. The maximum atomic E-state index is 11.3. The standard InChI is InChI=1S/C8H14O4/c9-3-5-1-2-6(8(5)12)7(11)4-10/h5-7,9-11H,1-4H2. The van der Waals surface area contributed by atoms with Crippen LogP contribution in [0.15, 0.2) is 0 Å². The molecular weight excluding hydrogens is 160 g/mol. The Kier molecular flexibility index (Phi) is 3.20. The topological polar surface area (TPSA) is 77.8 Å². The van der Waals surface area contributed by atoms with E-state index in [1.807, 2.05) is 0 Å². The number of aliphatic hydroxyl groups is 3. The van der Waals surface area contributed by atoms with Gasteiger partial charge in [-0.1, -0.05) is 0 Å². The fourth-order valence-electron chi connectivity index (χ4n) is 1.66. The maximum absolute atomic E-state index is 11.3. The minimum absolute atomic E-state index is 0.112. The highest BCUT2D eigenvalue weighted by atomic mass is 16.3. The SMILES string of the molecule is O=C1C(CO)CCC1C(O)CO. The van der Waals surface area contributed by atoms with Crippen LogP contribution in [0.2, 0.25) is 0 Å². The first-order chi connectivity index (χ1) is 5.70. The molecule has 3 N–H and O–H groups in total. The second-order valence-electron chi connectivity index (χ2n) is 3.22. The predicted molar refractivity (Wildman–Crippen MR) is 41.4 cm³/mol. The third-order valence-electron chi connectivity index (χ3n) is 2.47. The first-order valence-corrected chi connectivity index (χ1v) is 4.14. The monoisotopic (exact) mass is 174 g/mol. The van der Waals surface area contributed by atoms with Crippen molar-refractivity contribution >= 4 is 5.78 Å². The predicted octanol–water partition coefficient (Wildman–Crippen LogP) is -1.07. The molecule has 1 rings (SSSR count). The van der Waals surface area contributed by atoms with Crippen LogP contribution in [0.25, 0.3) is 0 Å². The Labute approximate surface area is 70.8 Å². The number of Topliss-reactive ketones (excluding diaryl/α,β-unsaturated/α-hetero) is 1. The number of ketones is 1. The second-order valence-corrected chi connectivity index (χ2v) is 3.22. The molecule has 0 aliphatic heterocycles. The molecule has 4 heteroatoms. The average molecular weight is 174 g/mol. The van der Waals surface area contributed by atoms with Crippen LogP contribution in [-0.4, -0.2) is 40.4 Å². The Balaban J connectivity index is 2.54. The van der Waals surface area contributed by atoms with Crippen LogP contribution in [-0.2, 0) is 4.79 Å². The van der Waals surface area contributed by atoms with Gasteiger partial charge in [-0.3, -0.25) is 4.79 Å². The van der Waals surface area contributed by atoms with Crippen molar-refractivity contribution in [2.45, 2.75) is 18.9 Å². The Bertz CT molecular complexity index is 168. The third-order valence-corrected chi connectivity index (χ3v) is 2.47. The molecule has 1 saturated carbocycles. The van der Waals surface area contributed by atoms with E-state index in [0.717, 1.165) is 0 Å². The van der Waals surface area contributed by atoms with Gasteiger partial charge < -0.3 is 15.3 Å². The summed E-state index contributed by atoms with van der Waals surface area (Å²) in [6.45, 7) is -0.526. The van der Waals surface area contributed by atoms with Crippen LogP contribution in [0, 0.1) is 11.8 Å². The third kappa shape index (κ3) is 1.65. The second kappa shape index (κ2) is 3.98. The maximum Gasteiger partial charge on any atom is 0.144 e. The Morgan fingerprint density at radius 3 is 2.50 bits per heavy atom. The quantitative estimate of drug-likeness (QED) is 0.509. The molecule has 0 bridgehead atoms. The van der Waals surface area contributed by atoms with Gasteiger partial charge in [0.05, 0.1) is 19.3 Å². The molecule has 1 fully saturated rings. The highest BCUT2D eigenvalue weighted by Gasteiger charge is 2.37. The molecule has 12 heavy (non-hydrogen) atoms. The minimum atomic E-state index is -0.950. The first kappa shape index (κ1) is 9.64. The van der Waals surface area contributed by atoms with Crippen LogP contribution in [0.1, 0.15) is 12.8 Å². The van der Waals surface area contributed by atoms with Crippen LogP contribution in [0.5, 0.6) is 0 Å². The van der Waals surface area contributed by atoms with Gasteiger partial charge in [-0.25, -0.2) is 0 Å². The summed E-state index contributed by atoms with van der Waals surface area (Å²) in [4.78, 5) is 11.3. The molecule has 0 aromatic heterocycles. The summed E-state index contributed by atoms with van der Waals surface area (Å²) >= 11 is 0. The molecule has 1 aliphatic carbocycles. The van der Waals surface area contributed by atoms with Gasteiger partial charge >= 0.3 is 0 Å². The normalized spacial score (nSPS) is 32.4. The lowest BCUT2D eigenvalue weighted by Crippen LogP contribution is -2.30. The summed E-state index contributed by atoms with van der Waals surface area (Å²) in [5, 5.41) is 26.5. The molecule has 0 aromatic carbocycles. The molecule has 0 radical (unpaired) electrons. The smallest absolute Gasteiger partial charge is 0.144 e. The summed E-state index contributed by atoms with van der Waals surface area (Å²) < 4.78 is 0. The van der Waals surface area contributed by atoms with E-state index in [1.54, 1.807) is 0 Å². The highest BCUT2D eigenvalue weighted by Crippen LogP contribution is 2.29. The molecule has 3 unspecified atom stereocenters. The number of carbonyl (C=O) groups excluding carboxylic acids is 1. The zero-order valence-electron chi connectivity index (χ0n) is 6.81. The van der Waals surface area contributed by atoms with E-state index in [0.29, 0.717) is 12.8 Å². The van der Waals surface area contributed by atoms with Crippen molar-refractivity contribution in [3.8, 4) is 0 Å². The van der Waals surface area contributed by atoms with Crippen molar-refractivity contribution in [3.05, 3.63) is 0 Å². The van der Waals surface area contributed by atoms with Crippen LogP contribution >= 0.6 is 0 Å². The van der Waals surface area contributed by atoms with Crippen molar-refractivity contribution in [3.63, 3.8) is 0 Å². The molecule has 0 heterocycles. The largest absolute Gasteiger partial charge is 0.396 e. The van der Waals surface area contributed by atoms with E-state index in [2.05, 4.69) is 0 Å². The number of carbonyl (C=O) groups is 1. The average Bonchev–Trinajstić information content (AvgIpc) is 2.45. The van der Waals surface area contributed by atoms with E-state index in [-0.39, 0.29) is 24.9 Å². The first-order valence-electron chi connectivity index (χ1n) is 4.14. The fraction of sp³-hybridized carbons (Fsp3) is 0.875. The summed E-state index contributed by atoms with van der Waals surface area (Å²) in [6, 6.07) is 0. The summed E-state index contributed by atoms with van der Waals surface area (Å²) in [6.07, 6.45) is 0.247. The van der Waals surface area contributed by atoms with Gasteiger partial charge in [-0.05, 0) is 12.8 Å². The zero-order chi connectivity index (χ0) is 9.14. The molecule has 0 aromatic rings. The van der Waals surface area contributed by atoms with Crippen molar-refractivity contribution < 1.29 is 20.1 Å². The van der Waals surface area contributed by atoms with Crippen molar-refractivity contribution in [2.75, 3.05) is 13.2 Å². The Morgan fingerprint density at radius 2 is 2.08 bits per heavy atom. The Hall–Kier alpha value is -0.450. The molecule has 70 valence electrons. The van der Waals surface area contributed by atoms with E-state index in [4.69, 9.17) is 10.2 Å². The zero-order valence-corrected chi connectivity index (χ0v) is 6.81. The lowest BCUT2D eigenvalue weighted by atomic mass is 9.98. The van der Waals surface area contributed by atoms with Gasteiger partial charge in [-0.15, -0.1) is 0 Å². The lowest BCUT2D eigenvalue weighted by Gasteiger charge is -2.13. The van der Waals surface area contributed by atoms with Gasteiger partial charge in [0.25, 0.3) is 0 Å². The van der Waals surface area contributed by atoms with Gasteiger partial charge in [0.15, 0.2) is 0 Å². The number of rotatable bonds is 3. The molecule has 0 spiro atoms. The van der Waals surface area contributed by atoms with E-state index in [1.165, 1.54) is 0 Å². The van der Waals surface area contributed by atoms with Crippen LogP contribution in [0.3, 0.4) is 0 Å². The Morgan fingerprint density at radius 1 is 1.42 bits per heavy atom. The number of hydrogen-bond acceptors (Lipinski definition) is 4. The minimum Gasteiger partial charge on any atom is -0.396 e. The van der Waals surface area contributed by atoms with Crippen molar-refractivity contribution in [1.82, 2.24) is 0 Å². The molecule has 1 aliphatic rings. The van der Waals surface area contributed by atoms with Crippen LogP contribution in [0.4, 0.5) is 0 Å². The lowest BCUT2D eigenvalue weighted by molar-refractivity contribution is -0.128. The summed E-state index contributed by atoms with van der Waals surface area (Å²) in [7, 11) is 0. The molecule has 4 nitrogen and oxygen atoms in total. The number of aliphatic hydroxyl groups excluding tert-OH is 3. The molecule has 0 amide bonds. The summed E-state index contributed by atoms with van der Waals surface area (Å²) in [5.41, 5.74) is 0.